The second-order valence-corrected chi connectivity index (χ2v) is 4.67. The van der Waals surface area contributed by atoms with E-state index in [1.54, 1.807) is 0 Å². The maximum absolute atomic E-state index is 13.2. The van der Waals surface area contributed by atoms with Crippen molar-refractivity contribution in [1.29, 1.82) is 0 Å². The maximum Gasteiger partial charge on any atom is 0.285 e. The van der Waals surface area contributed by atoms with E-state index in [-0.39, 0.29) is 17.3 Å². The van der Waals surface area contributed by atoms with E-state index in [0.717, 1.165) is 6.07 Å². The number of halogens is 1. The van der Waals surface area contributed by atoms with Gasteiger partial charge in [0.25, 0.3) is 11.6 Å². The molecule has 1 rings (SSSR count). The van der Waals surface area contributed by atoms with E-state index >= 15 is 0 Å². The normalized spacial score (nSPS) is 12.2. The first kappa shape index (κ1) is 15.8. The highest BCUT2D eigenvalue weighted by molar-refractivity contribution is 5.99. The minimum atomic E-state index is -0.921. The van der Waals surface area contributed by atoms with Crippen molar-refractivity contribution in [2.24, 2.45) is 0 Å². The third-order valence-corrected chi connectivity index (χ3v) is 3.00. The Kier molecular flexibility index (Phi) is 4.98. The van der Waals surface area contributed by atoms with Crippen molar-refractivity contribution in [3.63, 3.8) is 0 Å². The van der Waals surface area contributed by atoms with Crippen LogP contribution in [0, 0.1) is 15.9 Å². The molecule has 110 valence electrons. The largest absolute Gasteiger partial charge is 0.396 e. The van der Waals surface area contributed by atoms with Crippen LogP contribution in [0.15, 0.2) is 12.1 Å². The van der Waals surface area contributed by atoms with E-state index in [0.29, 0.717) is 12.6 Å². The number of anilines is 1. The summed E-state index contributed by atoms with van der Waals surface area (Å²) in [4.78, 5) is 23.9. The minimum absolute atomic E-state index is 0.0517. The van der Waals surface area contributed by atoms with Gasteiger partial charge in [-0.15, -0.1) is 0 Å². The predicted molar refractivity (Wildman–Crippen MR) is 72.9 cm³/mol. The van der Waals surface area contributed by atoms with E-state index in [9.17, 15) is 19.3 Å². The standard InChI is InChI=1S/C12H17FN4O3/c1-7(16(2)3)6-15-12(18)8-4-10(14)9(13)5-11(8)17(19)20/h4-5,7H,6,14H2,1-3H3,(H,15,18). The van der Waals surface area contributed by atoms with E-state index < -0.39 is 22.3 Å². The zero-order valence-corrected chi connectivity index (χ0v) is 11.5. The number of nitrogens with two attached hydrogens (primary N) is 1. The van der Waals surface area contributed by atoms with Gasteiger partial charge in [0.15, 0.2) is 5.82 Å². The van der Waals surface area contributed by atoms with Crippen LogP contribution in [0.2, 0.25) is 0 Å². The molecule has 1 unspecified atom stereocenters. The Morgan fingerprint density at radius 1 is 1.55 bits per heavy atom. The lowest BCUT2D eigenvalue weighted by atomic mass is 10.1. The first-order chi connectivity index (χ1) is 9.23. The van der Waals surface area contributed by atoms with Gasteiger partial charge in [-0.1, -0.05) is 0 Å². The fraction of sp³-hybridized carbons (Fsp3) is 0.417. The van der Waals surface area contributed by atoms with Gasteiger partial charge in [-0.3, -0.25) is 14.9 Å². The lowest BCUT2D eigenvalue weighted by molar-refractivity contribution is -0.385. The number of benzene rings is 1. The third kappa shape index (κ3) is 3.64. The summed E-state index contributed by atoms with van der Waals surface area (Å²) in [6.45, 7) is 2.19. The summed E-state index contributed by atoms with van der Waals surface area (Å²) in [5, 5.41) is 13.4. The molecule has 0 aromatic heterocycles. The fourth-order valence-corrected chi connectivity index (χ4v) is 1.43. The van der Waals surface area contributed by atoms with Crippen molar-refractivity contribution in [2.45, 2.75) is 13.0 Å². The Labute approximate surface area is 115 Å². The van der Waals surface area contributed by atoms with E-state index in [4.69, 9.17) is 5.73 Å². The number of carbonyl (C=O) groups is 1. The van der Waals surface area contributed by atoms with Crippen LogP contribution in [0.25, 0.3) is 0 Å². The van der Waals surface area contributed by atoms with Crippen molar-refractivity contribution in [1.82, 2.24) is 10.2 Å². The predicted octanol–water partition coefficient (Wildman–Crippen LogP) is 0.996. The SMILES string of the molecule is CC(CNC(=O)c1cc(N)c(F)cc1[N+](=O)[O-])N(C)C. The molecular formula is C12H17FN4O3. The molecule has 3 N–H and O–H groups in total. The molecule has 0 bridgehead atoms. The zero-order chi connectivity index (χ0) is 15.4. The van der Waals surface area contributed by atoms with Gasteiger partial charge in [-0.05, 0) is 27.1 Å². The highest BCUT2D eigenvalue weighted by Crippen LogP contribution is 2.24. The van der Waals surface area contributed by atoms with Gasteiger partial charge in [0.1, 0.15) is 5.56 Å². The molecule has 1 atom stereocenters. The topological polar surface area (TPSA) is 102 Å². The van der Waals surface area contributed by atoms with Crippen LogP contribution in [-0.4, -0.2) is 42.4 Å². The number of amides is 1. The Morgan fingerprint density at radius 2 is 2.15 bits per heavy atom. The number of nitro groups is 1. The summed E-state index contributed by atoms with van der Waals surface area (Å²) in [6.07, 6.45) is 0. The lowest BCUT2D eigenvalue weighted by Gasteiger charge is -2.19. The molecule has 8 heteroatoms. The quantitative estimate of drug-likeness (QED) is 0.477. The summed E-state index contributed by atoms with van der Waals surface area (Å²) in [7, 11) is 3.68. The average molecular weight is 284 g/mol. The smallest absolute Gasteiger partial charge is 0.285 e. The minimum Gasteiger partial charge on any atom is -0.396 e. The maximum atomic E-state index is 13.2. The molecule has 0 aliphatic heterocycles. The first-order valence-corrected chi connectivity index (χ1v) is 5.92. The lowest BCUT2D eigenvalue weighted by Crippen LogP contribution is -2.38. The van der Waals surface area contributed by atoms with Crippen molar-refractivity contribution >= 4 is 17.3 Å². The van der Waals surface area contributed by atoms with E-state index in [2.05, 4.69) is 5.32 Å². The molecule has 0 radical (unpaired) electrons. The van der Waals surface area contributed by atoms with Crippen molar-refractivity contribution in [3.05, 3.63) is 33.6 Å². The number of nitrogen functional groups attached to an aromatic ring is 1. The molecule has 7 nitrogen and oxygen atoms in total. The Morgan fingerprint density at radius 3 is 2.65 bits per heavy atom. The molecule has 1 amide bonds. The number of nitro benzene ring substituents is 1. The van der Waals surface area contributed by atoms with Gasteiger partial charge >= 0.3 is 0 Å². The summed E-state index contributed by atoms with van der Waals surface area (Å²) in [6, 6.07) is 1.68. The molecule has 1 aromatic carbocycles. The van der Waals surface area contributed by atoms with Crippen molar-refractivity contribution in [3.8, 4) is 0 Å². The molecule has 0 fully saturated rings. The number of rotatable bonds is 5. The zero-order valence-electron chi connectivity index (χ0n) is 11.5. The van der Waals surface area contributed by atoms with Crippen LogP contribution in [0.4, 0.5) is 15.8 Å². The molecule has 0 heterocycles. The van der Waals surface area contributed by atoms with Crippen LogP contribution in [-0.2, 0) is 0 Å². The number of carbonyl (C=O) groups excluding carboxylic acids is 1. The Bertz CT molecular complexity index is 534. The molecule has 0 saturated heterocycles. The molecule has 0 aliphatic rings. The summed E-state index contributed by atoms with van der Waals surface area (Å²) >= 11 is 0. The van der Waals surface area contributed by atoms with Crippen LogP contribution < -0.4 is 11.1 Å². The van der Waals surface area contributed by atoms with E-state index in [1.165, 1.54) is 0 Å². The third-order valence-electron chi connectivity index (χ3n) is 3.00. The monoisotopic (exact) mass is 284 g/mol. The van der Waals surface area contributed by atoms with Crippen molar-refractivity contribution in [2.75, 3.05) is 26.4 Å². The number of likely N-dealkylation sites (N-methyl/N-ethyl adjacent to an activating group) is 1. The first-order valence-electron chi connectivity index (χ1n) is 5.92. The number of hydrogen-bond acceptors (Lipinski definition) is 5. The van der Waals surface area contributed by atoms with Gasteiger partial charge in [0.2, 0.25) is 0 Å². The van der Waals surface area contributed by atoms with Crippen molar-refractivity contribution < 1.29 is 14.1 Å². The average Bonchev–Trinajstić information content (AvgIpc) is 2.37. The molecule has 1 aromatic rings. The van der Waals surface area contributed by atoms with Crippen LogP contribution in [0.1, 0.15) is 17.3 Å². The Balaban J connectivity index is 2.98. The Hall–Kier alpha value is -2.22. The number of hydrogen-bond donors (Lipinski definition) is 2. The highest BCUT2D eigenvalue weighted by Gasteiger charge is 2.23. The van der Waals surface area contributed by atoms with Gasteiger partial charge < -0.3 is 16.0 Å². The molecular weight excluding hydrogens is 267 g/mol. The molecule has 0 aliphatic carbocycles. The second-order valence-electron chi connectivity index (χ2n) is 4.67. The van der Waals surface area contributed by atoms with Gasteiger partial charge in [-0.25, -0.2) is 4.39 Å². The molecule has 0 spiro atoms. The molecule has 20 heavy (non-hydrogen) atoms. The highest BCUT2D eigenvalue weighted by atomic mass is 19.1. The summed E-state index contributed by atoms with van der Waals surface area (Å²) in [5.74, 6) is -1.58. The number of nitrogens with one attached hydrogen (secondary N) is 1. The fourth-order valence-electron chi connectivity index (χ4n) is 1.43. The van der Waals surface area contributed by atoms with Gasteiger partial charge in [0.05, 0.1) is 16.7 Å². The second kappa shape index (κ2) is 6.29. The van der Waals surface area contributed by atoms with Crippen LogP contribution in [0.3, 0.4) is 0 Å². The number of nitrogens with zero attached hydrogens (tertiary/aromatic N) is 2. The van der Waals surface area contributed by atoms with Crippen LogP contribution >= 0.6 is 0 Å². The van der Waals surface area contributed by atoms with Gasteiger partial charge in [-0.2, -0.15) is 0 Å². The summed E-state index contributed by atoms with van der Waals surface area (Å²) < 4.78 is 13.2. The van der Waals surface area contributed by atoms with Gasteiger partial charge in [0, 0.05) is 12.6 Å². The van der Waals surface area contributed by atoms with E-state index in [1.807, 2.05) is 25.9 Å². The molecule has 0 saturated carbocycles. The summed E-state index contributed by atoms with van der Waals surface area (Å²) in [5.41, 5.74) is 4.19. The van der Waals surface area contributed by atoms with Crippen LogP contribution in [0.5, 0.6) is 0 Å².